The molecule has 0 bridgehead atoms. The Hall–Kier alpha value is -3.62. The molecule has 3 rings (SSSR count). The second-order valence-corrected chi connectivity index (χ2v) is 6.94. The molecule has 1 heterocycles. The van der Waals surface area contributed by atoms with E-state index in [2.05, 4.69) is 15.6 Å². The van der Waals surface area contributed by atoms with Crippen LogP contribution >= 0.6 is 0 Å². The Kier molecular flexibility index (Phi) is 6.43. The summed E-state index contributed by atoms with van der Waals surface area (Å²) in [5.74, 6) is -0.304. The number of hydrogen-bond acceptors (Lipinski definition) is 4. The summed E-state index contributed by atoms with van der Waals surface area (Å²) in [6.07, 6.45) is -2.80. The van der Waals surface area contributed by atoms with Crippen LogP contribution in [-0.4, -0.2) is 21.4 Å². The number of nitrogens with zero attached hydrogens (tertiary/aromatic N) is 3. The number of benzene rings is 2. The van der Waals surface area contributed by atoms with Crippen molar-refractivity contribution < 1.29 is 22.8 Å². The summed E-state index contributed by atoms with van der Waals surface area (Å²) in [6.45, 7) is 3.34. The number of amides is 1. The summed E-state index contributed by atoms with van der Waals surface area (Å²) >= 11 is 0. The minimum absolute atomic E-state index is 0.0266. The van der Waals surface area contributed by atoms with Gasteiger partial charge in [0.25, 0.3) is 5.91 Å². The van der Waals surface area contributed by atoms with Crippen molar-refractivity contribution in [2.24, 2.45) is 12.2 Å². The molecule has 1 amide bonds. The summed E-state index contributed by atoms with van der Waals surface area (Å²) in [7, 11) is 1.73. The molecule has 0 unspecified atom stereocenters. The third-order valence-corrected chi connectivity index (χ3v) is 4.55. The predicted molar refractivity (Wildman–Crippen MR) is 111 cm³/mol. The fraction of sp³-hybridized carbons (Fsp3) is 0.227. The second-order valence-electron chi connectivity index (χ2n) is 6.94. The molecule has 1 aromatic heterocycles. The molecule has 0 aliphatic rings. The van der Waals surface area contributed by atoms with Crippen molar-refractivity contribution in [1.29, 1.82) is 0 Å². The number of carbonyl (C=O) groups excluding carboxylic acids is 1. The van der Waals surface area contributed by atoms with Crippen molar-refractivity contribution >= 4 is 17.3 Å². The number of halogens is 3. The SMILES string of the molecule is CC(=NOCc1ccccc1NC(=O)c1cn(C)nc1C)c1cccc(C(F)(F)F)c1. The van der Waals surface area contributed by atoms with E-state index >= 15 is 0 Å². The van der Waals surface area contributed by atoms with E-state index in [4.69, 9.17) is 4.84 Å². The van der Waals surface area contributed by atoms with Crippen LogP contribution in [0.4, 0.5) is 18.9 Å². The normalized spacial score (nSPS) is 12.0. The van der Waals surface area contributed by atoms with Gasteiger partial charge in [0.05, 0.1) is 22.5 Å². The molecule has 3 aromatic rings. The van der Waals surface area contributed by atoms with Gasteiger partial charge in [-0.2, -0.15) is 18.3 Å². The Morgan fingerprint density at radius 3 is 2.61 bits per heavy atom. The van der Waals surface area contributed by atoms with Crippen LogP contribution in [0.5, 0.6) is 0 Å². The minimum Gasteiger partial charge on any atom is -0.391 e. The van der Waals surface area contributed by atoms with Crippen LogP contribution in [-0.2, 0) is 24.7 Å². The Balaban J connectivity index is 1.70. The van der Waals surface area contributed by atoms with E-state index in [9.17, 15) is 18.0 Å². The Labute approximate surface area is 177 Å². The van der Waals surface area contributed by atoms with Gasteiger partial charge >= 0.3 is 6.18 Å². The van der Waals surface area contributed by atoms with Crippen LogP contribution in [0.15, 0.2) is 59.9 Å². The second kappa shape index (κ2) is 9.03. The van der Waals surface area contributed by atoms with Gasteiger partial charge in [-0.25, -0.2) is 0 Å². The van der Waals surface area contributed by atoms with Gasteiger partial charge < -0.3 is 10.2 Å². The minimum atomic E-state index is -4.43. The third-order valence-electron chi connectivity index (χ3n) is 4.55. The van der Waals surface area contributed by atoms with E-state index in [-0.39, 0.29) is 12.5 Å². The van der Waals surface area contributed by atoms with Crippen LogP contribution in [0.25, 0.3) is 0 Å². The van der Waals surface area contributed by atoms with E-state index in [0.717, 1.165) is 12.1 Å². The van der Waals surface area contributed by atoms with Crippen molar-refractivity contribution in [2.45, 2.75) is 26.6 Å². The summed E-state index contributed by atoms with van der Waals surface area (Å²) < 4.78 is 40.2. The lowest BCUT2D eigenvalue weighted by Gasteiger charge is -2.11. The number of aromatic nitrogens is 2. The van der Waals surface area contributed by atoms with Crippen molar-refractivity contribution in [3.05, 3.63) is 82.7 Å². The Morgan fingerprint density at radius 2 is 1.94 bits per heavy atom. The van der Waals surface area contributed by atoms with Crippen LogP contribution in [0.1, 0.15) is 39.7 Å². The van der Waals surface area contributed by atoms with E-state index in [1.165, 1.54) is 12.1 Å². The molecule has 0 saturated carbocycles. The highest BCUT2D eigenvalue weighted by molar-refractivity contribution is 6.05. The highest BCUT2D eigenvalue weighted by atomic mass is 19.4. The molecule has 0 saturated heterocycles. The Morgan fingerprint density at radius 1 is 1.19 bits per heavy atom. The number of oxime groups is 1. The van der Waals surface area contributed by atoms with Gasteiger partial charge in [0.15, 0.2) is 0 Å². The lowest BCUT2D eigenvalue weighted by Crippen LogP contribution is -2.14. The molecule has 31 heavy (non-hydrogen) atoms. The van der Waals surface area contributed by atoms with Gasteiger partial charge in [-0.1, -0.05) is 35.5 Å². The fourth-order valence-electron chi connectivity index (χ4n) is 2.95. The molecular formula is C22H21F3N4O2. The maximum absolute atomic E-state index is 12.9. The summed E-state index contributed by atoms with van der Waals surface area (Å²) in [5.41, 5.74) is 2.13. The quantitative estimate of drug-likeness (QED) is 0.445. The van der Waals surface area contributed by atoms with Crippen molar-refractivity contribution in [1.82, 2.24) is 9.78 Å². The first-order valence-corrected chi connectivity index (χ1v) is 9.39. The van der Waals surface area contributed by atoms with Gasteiger partial charge in [0.2, 0.25) is 0 Å². The summed E-state index contributed by atoms with van der Waals surface area (Å²) in [6, 6.07) is 11.9. The van der Waals surface area contributed by atoms with Crippen LogP contribution < -0.4 is 5.32 Å². The first-order valence-electron chi connectivity index (χ1n) is 9.39. The third kappa shape index (κ3) is 5.50. The van der Waals surface area contributed by atoms with E-state index in [1.54, 1.807) is 56.0 Å². The van der Waals surface area contributed by atoms with E-state index < -0.39 is 11.7 Å². The molecule has 0 aliphatic carbocycles. The summed E-state index contributed by atoms with van der Waals surface area (Å²) in [5, 5.41) is 10.9. The zero-order valence-electron chi connectivity index (χ0n) is 17.2. The number of anilines is 1. The number of alkyl halides is 3. The van der Waals surface area contributed by atoms with Gasteiger partial charge in [-0.05, 0) is 37.6 Å². The van der Waals surface area contributed by atoms with Crippen LogP contribution in [0.2, 0.25) is 0 Å². The monoisotopic (exact) mass is 430 g/mol. The average Bonchev–Trinajstić information content (AvgIpc) is 3.06. The molecule has 2 aromatic carbocycles. The predicted octanol–water partition coefficient (Wildman–Crippen LogP) is 4.94. The average molecular weight is 430 g/mol. The zero-order chi connectivity index (χ0) is 22.6. The molecule has 0 radical (unpaired) electrons. The molecule has 6 nitrogen and oxygen atoms in total. The number of hydrogen-bond donors (Lipinski definition) is 1. The zero-order valence-corrected chi connectivity index (χ0v) is 17.2. The maximum atomic E-state index is 12.9. The molecule has 9 heteroatoms. The first kappa shape index (κ1) is 22.1. The molecule has 162 valence electrons. The molecule has 0 atom stereocenters. The molecule has 1 N–H and O–H groups in total. The highest BCUT2D eigenvalue weighted by Crippen LogP contribution is 2.29. The number of rotatable bonds is 6. The maximum Gasteiger partial charge on any atom is 0.416 e. The number of aryl methyl sites for hydroxylation is 2. The van der Waals surface area contributed by atoms with Crippen LogP contribution in [0, 0.1) is 6.92 Å². The molecule has 0 spiro atoms. The lowest BCUT2D eigenvalue weighted by atomic mass is 10.1. The number of para-hydroxylation sites is 1. The van der Waals surface area contributed by atoms with Gasteiger partial charge in [0.1, 0.15) is 6.61 Å². The topological polar surface area (TPSA) is 68.5 Å². The molecule has 0 aliphatic heterocycles. The first-order chi connectivity index (χ1) is 14.6. The van der Waals surface area contributed by atoms with Gasteiger partial charge in [-0.15, -0.1) is 0 Å². The Bertz CT molecular complexity index is 1120. The van der Waals surface area contributed by atoms with E-state index in [0.29, 0.717) is 33.8 Å². The van der Waals surface area contributed by atoms with Gasteiger partial charge in [-0.3, -0.25) is 9.48 Å². The highest BCUT2D eigenvalue weighted by Gasteiger charge is 2.30. The van der Waals surface area contributed by atoms with Crippen molar-refractivity contribution in [3.63, 3.8) is 0 Å². The molecular weight excluding hydrogens is 409 g/mol. The van der Waals surface area contributed by atoms with Crippen molar-refractivity contribution in [2.75, 3.05) is 5.32 Å². The number of nitrogens with one attached hydrogen (secondary N) is 1. The van der Waals surface area contributed by atoms with E-state index in [1.807, 2.05) is 0 Å². The lowest BCUT2D eigenvalue weighted by molar-refractivity contribution is -0.137. The standard InChI is InChI=1S/C22H21F3N4O2/c1-14(16-8-6-9-18(11-16)22(23,24)25)28-31-13-17-7-4-5-10-20(17)26-21(30)19-12-29(3)27-15(19)2/h4-12H,13H2,1-3H3,(H,26,30). The smallest absolute Gasteiger partial charge is 0.391 e. The van der Waals surface area contributed by atoms with Crippen LogP contribution in [0.3, 0.4) is 0 Å². The molecule has 0 fully saturated rings. The summed E-state index contributed by atoms with van der Waals surface area (Å²) in [4.78, 5) is 17.9. The fourth-order valence-corrected chi connectivity index (χ4v) is 2.95. The van der Waals surface area contributed by atoms with Crippen molar-refractivity contribution in [3.8, 4) is 0 Å². The number of carbonyl (C=O) groups is 1. The largest absolute Gasteiger partial charge is 0.416 e. The van der Waals surface area contributed by atoms with Gasteiger partial charge in [0, 0.05) is 24.5 Å².